The van der Waals surface area contributed by atoms with Crippen molar-refractivity contribution < 1.29 is 9.94 Å². The van der Waals surface area contributed by atoms with Crippen molar-refractivity contribution in [1.82, 2.24) is 4.90 Å². The highest BCUT2D eigenvalue weighted by molar-refractivity contribution is 5.38. The van der Waals surface area contributed by atoms with E-state index in [9.17, 15) is 5.11 Å². The van der Waals surface area contributed by atoms with Crippen molar-refractivity contribution in [3.8, 4) is 5.75 Å². The van der Waals surface area contributed by atoms with E-state index in [4.69, 9.17) is 10.7 Å². The predicted octanol–water partition coefficient (Wildman–Crippen LogP) is 1.58. The first kappa shape index (κ1) is 13.0. The molecule has 4 nitrogen and oxygen atoms in total. The maximum absolute atomic E-state index is 9.72. The van der Waals surface area contributed by atoms with Gasteiger partial charge in [0, 0.05) is 12.1 Å². The molecular formula is C12H20N2O2. The normalized spacial score (nSPS) is 12.1. The largest absolute Gasteiger partial charge is 0.508 e. The fraction of sp³-hybridized carbons (Fsp3) is 0.500. The quantitative estimate of drug-likeness (QED) is 0.762. The average molecular weight is 224 g/mol. The molecule has 0 atom stereocenters. The third-order valence-corrected chi connectivity index (χ3v) is 2.56. The molecule has 0 spiro atoms. The molecule has 0 aliphatic carbocycles. The number of hydrogen-bond acceptors (Lipinski definition) is 4. The van der Waals surface area contributed by atoms with E-state index < -0.39 is 5.60 Å². The van der Waals surface area contributed by atoms with Crippen LogP contribution in [0.4, 0.5) is 0 Å². The minimum absolute atomic E-state index is 0.297. The number of rotatable bonds is 4. The zero-order chi connectivity index (χ0) is 12.3. The molecule has 1 rings (SSSR count). The third kappa shape index (κ3) is 2.95. The van der Waals surface area contributed by atoms with Crippen LogP contribution in [0.2, 0.25) is 0 Å². The van der Waals surface area contributed by atoms with Crippen LogP contribution in [0.25, 0.3) is 0 Å². The molecule has 0 aliphatic rings. The topological polar surface area (TPSA) is 58.7 Å². The lowest BCUT2D eigenvalue weighted by Crippen LogP contribution is -2.25. The van der Waals surface area contributed by atoms with Gasteiger partial charge in [-0.15, -0.1) is 0 Å². The van der Waals surface area contributed by atoms with Crippen LogP contribution < -0.4 is 5.90 Å². The summed E-state index contributed by atoms with van der Waals surface area (Å²) in [6.07, 6.45) is 0. The standard InChI is InChI=1S/C12H20N2O2/c1-12(2,16-13)10-5-6-11(15)9(7-10)8-14(3)4/h5-7,15H,8,13H2,1-4H3. The summed E-state index contributed by atoms with van der Waals surface area (Å²) in [5.41, 5.74) is 1.27. The Kier molecular flexibility index (Phi) is 3.91. The summed E-state index contributed by atoms with van der Waals surface area (Å²) in [6.45, 7) is 4.46. The average Bonchev–Trinajstić information content (AvgIpc) is 2.20. The minimum Gasteiger partial charge on any atom is -0.508 e. The molecule has 0 heterocycles. The summed E-state index contributed by atoms with van der Waals surface area (Å²) in [5.74, 6) is 5.55. The molecule has 0 saturated heterocycles. The van der Waals surface area contributed by atoms with Gasteiger partial charge in [0.05, 0.1) is 0 Å². The van der Waals surface area contributed by atoms with Crippen LogP contribution in [0.3, 0.4) is 0 Å². The lowest BCUT2D eigenvalue weighted by molar-refractivity contribution is -0.0237. The van der Waals surface area contributed by atoms with Gasteiger partial charge in [0.15, 0.2) is 0 Å². The van der Waals surface area contributed by atoms with Crippen LogP contribution in [0.15, 0.2) is 18.2 Å². The summed E-state index contributed by atoms with van der Waals surface area (Å²) in [7, 11) is 3.91. The van der Waals surface area contributed by atoms with Crippen LogP contribution in [0.5, 0.6) is 5.75 Å². The number of nitrogens with two attached hydrogens (primary N) is 1. The van der Waals surface area contributed by atoms with Gasteiger partial charge in [-0.25, -0.2) is 5.90 Å². The van der Waals surface area contributed by atoms with E-state index in [2.05, 4.69) is 0 Å². The zero-order valence-corrected chi connectivity index (χ0v) is 10.3. The van der Waals surface area contributed by atoms with Crippen molar-refractivity contribution in [1.29, 1.82) is 0 Å². The molecule has 0 saturated carbocycles. The lowest BCUT2D eigenvalue weighted by Gasteiger charge is -2.23. The van der Waals surface area contributed by atoms with Gasteiger partial charge in [0.25, 0.3) is 0 Å². The number of aromatic hydroxyl groups is 1. The van der Waals surface area contributed by atoms with Crippen molar-refractivity contribution in [2.75, 3.05) is 14.1 Å². The summed E-state index contributed by atoms with van der Waals surface area (Å²) in [5, 5.41) is 9.72. The highest BCUT2D eigenvalue weighted by Gasteiger charge is 2.21. The Morgan fingerprint density at radius 3 is 2.50 bits per heavy atom. The molecule has 0 amide bonds. The van der Waals surface area contributed by atoms with E-state index in [0.717, 1.165) is 11.1 Å². The van der Waals surface area contributed by atoms with Gasteiger partial charge in [-0.2, -0.15) is 0 Å². The molecule has 0 fully saturated rings. The maximum Gasteiger partial charge on any atom is 0.120 e. The second-order valence-corrected chi connectivity index (χ2v) is 4.71. The van der Waals surface area contributed by atoms with E-state index >= 15 is 0 Å². The fourth-order valence-electron chi connectivity index (χ4n) is 1.50. The van der Waals surface area contributed by atoms with Crippen molar-refractivity contribution in [3.05, 3.63) is 29.3 Å². The number of nitrogens with zero attached hydrogens (tertiary/aromatic N) is 1. The van der Waals surface area contributed by atoms with Crippen molar-refractivity contribution in [3.63, 3.8) is 0 Å². The Bertz CT molecular complexity index is 362. The van der Waals surface area contributed by atoms with Gasteiger partial charge in [-0.1, -0.05) is 6.07 Å². The van der Waals surface area contributed by atoms with Gasteiger partial charge >= 0.3 is 0 Å². The molecule has 4 heteroatoms. The number of phenols is 1. The van der Waals surface area contributed by atoms with Crippen LogP contribution in [-0.4, -0.2) is 24.1 Å². The Morgan fingerprint density at radius 2 is 2.00 bits per heavy atom. The van der Waals surface area contributed by atoms with Gasteiger partial charge < -0.3 is 10.0 Å². The molecule has 90 valence electrons. The minimum atomic E-state index is -0.547. The van der Waals surface area contributed by atoms with Crippen LogP contribution in [0.1, 0.15) is 25.0 Å². The Morgan fingerprint density at radius 1 is 1.38 bits per heavy atom. The first-order chi connectivity index (χ1) is 7.36. The highest BCUT2D eigenvalue weighted by atomic mass is 16.6. The maximum atomic E-state index is 9.72. The molecule has 1 aromatic rings. The van der Waals surface area contributed by atoms with Crippen LogP contribution >= 0.6 is 0 Å². The molecule has 0 bridgehead atoms. The second kappa shape index (κ2) is 4.82. The highest BCUT2D eigenvalue weighted by Crippen LogP contribution is 2.28. The van der Waals surface area contributed by atoms with Crippen molar-refractivity contribution in [2.45, 2.75) is 26.0 Å². The predicted molar refractivity (Wildman–Crippen MR) is 63.8 cm³/mol. The summed E-state index contributed by atoms with van der Waals surface area (Å²) in [4.78, 5) is 6.92. The molecule has 0 radical (unpaired) electrons. The van der Waals surface area contributed by atoms with E-state index in [-0.39, 0.29) is 0 Å². The smallest absolute Gasteiger partial charge is 0.120 e. The second-order valence-electron chi connectivity index (χ2n) is 4.71. The summed E-state index contributed by atoms with van der Waals surface area (Å²) < 4.78 is 0. The molecule has 0 aliphatic heterocycles. The molecular weight excluding hydrogens is 204 g/mol. The monoisotopic (exact) mass is 224 g/mol. The molecule has 0 unspecified atom stereocenters. The first-order valence-corrected chi connectivity index (χ1v) is 5.22. The van der Waals surface area contributed by atoms with Gasteiger partial charge in [0.2, 0.25) is 0 Å². The molecule has 0 aromatic heterocycles. The summed E-state index contributed by atoms with van der Waals surface area (Å²) >= 11 is 0. The molecule has 3 N–H and O–H groups in total. The van der Waals surface area contributed by atoms with Crippen LogP contribution in [-0.2, 0) is 17.0 Å². The van der Waals surface area contributed by atoms with E-state index in [1.807, 2.05) is 45.0 Å². The number of hydrogen-bond donors (Lipinski definition) is 2. The van der Waals surface area contributed by atoms with E-state index in [1.165, 1.54) is 0 Å². The lowest BCUT2D eigenvalue weighted by atomic mass is 9.96. The van der Waals surface area contributed by atoms with Crippen molar-refractivity contribution in [2.24, 2.45) is 5.90 Å². The van der Waals surface area contributed by atoms with E-state index in [0.29, 0.717) is 12.3 Å². The number of benzene rings is 1. The molecule has 16 heavy (non-hydrogen) atoms. The number of phenolic OH excluding ortho intramolecular Hbond substituents is 1. The Balaban J connectivity index is 3.07. The van der Waals surface area contributed by atoms with Gasteiger partial charge in [-0.3, -0.25) is 4.84 Å². The Labute approximate surface area is 96.6 Å². The van der Waals surface area contributed by atoms with Gasteiger partial charge in [0.1, 0.15) is 11.4 Å². The SMILES string of the molecule is CN(C)Cc1cc(C(C)(C)ON)ccc1O. The van der Waals surface area contributed by atoms with E-state index in [1.54, 1.807) is 6.07 Å². The fourth-order valence-corrected chi connectivity index (χ4v) is 1.50. The van der Waals surface area contributed by atoms with Gasteiger partial charge in [-0.05, 0) is 45.6 Å². The van der Waals surface area contributed by atoms with Crippen LogP contribution in [0, 0.1) is 0 Å². The molecule has 1 aromatic carbocycles. The summed E-state index contributed by atoms with van der Waals surface area (Å²) in [6, 6.07) is 5.42. The zero-order valence-electron chi connectivity index (χ0n) is 10.3. The van der Waals surface area contributed by atoms with Crippen molar-refractivity contribution >= 4 is 0 Å². The Hall–Kier alpha value is -1.10. The third-order valence-electron chi connectivity index (χ3n) is 2.56. The first-order valence-electron chi connectivity index (χ1n) is 5.22.